The van der Waals surface area contributed by atoms with Crippen molar-refractivity contribution in [3.05, 3.63) is 36.1 Å². The summed E-state index contributed by atoms with van der Waals surface area (Å²) in [6.07, 6.45) is 1.04. The van der Waals surface area contributed by atoms with Gasteiger partial charge in [-0.15, -0.1) is 0 Å². The number of halogens is 2. The van der Waals surface area contributed by atoms with Gasteiger partial charge in [0.2, 0.25) is 5.92 Å². The van der Waals surface area contributed by atoms with Crippen molar-refractivity contribution >= 4 is 11.0 Å². The smallest absolute Gasteiger partial charge is 0.248 e. The molecule has 0 aliphatic heterocycles. The highest BCUT2D eigenvalue weighted by Gasteiger charge is 2.38. The number of para-hydroxylation sites is 1. The number of benzene rings is 1. The number of nitrogens with one attached hydrogen (secondary N) is 1. The van der Waals surface area contributed by atoms with Crippen molar-refractivity contribution < 1.29 is 13.2 Å². The predicted molar refractivity (Wildman–Crippen MR) is 74.9 cm³/mol. The summed E-state index contributed by atoms with van der Waals surface area (Å²) in [4.78, 5) is 0. The van der Waals surface area contributed by atoms with Gasteiger partial charge in [-0.05, 0) is 37.9 Å². The number of furan rings is 1. The molecule has 108 valence electrons. The molecule has 1 aliphatic carbocycles. The van der Waals surface area contributed by atoms with Crippen LogP contribution in [0.4, 0.5) is 8.78 Å². The van der Waals surface area contributed by atoms with E-state index >= 15 is 0 Å². The molecule has 0 amide bonds. The second kappa shape index (κ2) is 5.17. The van der Waals surface area contributed by atoms with Crippen molar-refractivity contribution in [2.24, 2.45) is 5.92 Å². The Morgan fingerprint density at radius 1 is 1.25 bits per heavy atom. The highest BCUT2D eigenvalue weighted by atomic mass is 19.3. The summed E-state index contributed by atoms with van der Waals surface area (Å²) in [7, 11) is 1.87. The van der Waals surface area contributed by atoms with E-state index in [2.05, 4.69) is 5.32 Å². The zero-order valence-electron chi connectivity index (χ0n) is 11.5. The van der Waals surface area contributed by atoms with E-state index in [9.17, 15) is 8.78 Å². The molecule has 0 bridgehead atoms. The minimum absolute atomic E-state index is 0.0125. The first-order chi connectivity index (χ1) is 9.59. The lowest BCUT2D eigenvalue weighted by Gasteiger charge is -2.32. The molecule has 1 aliphatic rings. The Bertz CT molecular complexity index is 550. The SMILES string of the molecule is CNC(c1cc2ccccc2o1)C1CCC(F)(F)CC1. The molecule has 1 unspecified atom stereocenters. The van der Waals surface area contributed by atoms with Gasteiger partial charge in [-0.2, -0.15) is 0 Å². The summed E-state index contributed by atoms with van der Waals surface area (Å²) in [5, 5.41) is 4.30. The van der Waals surface area contributed by atoms with Crippen molar-refractivity contribution in [1.82, 2.24) is 5.32 Å². The van der Waals surface area contributed by atoms with Crippen LogP contribution in [-0.2, 0) is 0 Å². The van der Waals surface area contributed by atoms with E-state index < -0.39 is 5.92 Å². The molecule has 1 N–H and O–H groups in total. The minimum Gasteiger partial charge on any atom is -0.459 e. The van der Waals surface area contributed by atoms with Gasteiger partial charge in [0, 0.05) is 18.2 Å². The standard InChI is InChI=1S/C16H19F2NO/c1-19-15(11-6-8-16(17,18)9-7-11)14-10-12-4-2-3-5-13(12)20-14/h2-5,10-11,15,19H,6-9H2,1H3. The van der Waals surface area contributed by atoms with Crippen LogP contribution in [-0.4, -0.2) is 13.0 Å². The Kier molecular flexibility index (Phi) is 3.50. The maximum Gasteiger partial charge on any atom is 0.248 e. The Morgan fingerprint density at radius 3 is 2.60 bits per heavy atom. The molecular weight excluding hydrogens is 260 g/mol. The van der Waals surface area contributed by atoms with E-state index in [1.165, 1.54) is 0 Å². The molecule has 1 atom stereocenters. The van der Waals surface area contributed by atoms with E-state index in [4.69, 9.17) is 4.42 Å². The second-order valence-corrected chi connectivity index (χ2v) is 5.65. The Labute approximate surface area is 117 Å². The Morgan fingerprint density at radius 2 is 1.95 bits per heavy atom. The van der Waals surface area contributed by atoms with Crippen LogP contribution >= 0.6 is 0 Å². The van der Waals surface area contributed by atoms with Crippen molar-refractivity contribution in [3.63, 3.8) is 0 Å². The lowest BCUT2D eigenvalue weighted by Crippen LogP contribution is -2.32. The largest absolute Gasteiger partial charge is 0.459 e. The molecule has 0 spiro atoms. The molecule has 3 rings (SSSR count). The molecule has 0 radical (unpaired) electrons. The number of fused-ring (bicyclic) bond motifs is 1. The van der Waals surface area contributed by atoms with Gasteiger partial charge in [0.15, 0.2) is 0 Å². The van der Waals surface area contributed by atoms with Gasteiger partial charge < -0.3 is 9.73 Å². The monoisotopic (exact) mass is 279 g/mol. The summed E-state index contributed by atoms with van der Waals surface area (Å²) < 4.78 is 32.4. The van der Waals surface area contributed by atoms with Gasteiger partial charge >= 0.3 is 0 Å². The highest BCUT2D eigenvalue weighted by Crippen LogP contribution is 2.42. The van der Waals surface area contributed by atoms with Gasteiger partial charge in [0.05, 0.1) is 6.04 Å². The van der Waals surface area contributed by atoms with Crippen LogP contribution in [0, 0.1) is 5.92 Å². The van der Waals surface area contributed by atoms with Crippen molar-refractivity contribution in [1.29, 1.82) is 0 Å². The molecule has 0 saturated heterocycles. The Hall–Kier alpha value is -1.42. The third-order valence-electron chi connectivity index (χ3n) is 4.30. The van der Waals surface area contributed by atoms with Crippen LogP contribution in [0.5, 0.6) is 0 Å². The zero-order chi connectivity index (χ0) is 14.2. The molecular formula is C16H19F2NO. The fourth-order valence-corrected chi connectivity index (χ4v) is 3.16. The maximum absolute atomic E-state index is 13.3. The first-order valence-corrected chi connectivity index (χ1v) is 7.13. The topological polar surface area (TPSA) is 25.2 Å². The van der Waals surface area contributed by atoms with E-state index in [0.29, 0.717) is 12.8 Å². The highest BCUT2D eigenvalue weighted by molar-refractivity contribution is 5.77. The number of rotatable bonds is 3. The van der Waals surface area contributed by atoms with Crippen molar-refractivity contribution in [2.75, 3.05) is 7.05 Å². The van der Waals surface area contributed by atoms with Gasteiger partial charge in [-0.25, -0.2) is 8.78 Å². The summed E-state index contributed by atoms with van der Waals surface area (Å²) in [6, 6.07) is 9.87. The summed E-state index contributed by atoms with van der Waals surface area (Å²) >= 11 is 0. The van der Waals surface area contributed by atoms with Crippen LogP contribution in [0.25, 0.3) is 11.0 Å². The van der Waals surface area contributed by atoms with Crippen LogP contribution in [0.15, 0.2) is 34.7 Å². The van der Waals surface area contributed by atoms with Gasteiger partial charge in [0.25, 0.3) is 0 Å². The van der Waals surface area contributed by atoms with Crippen molar-refractivity contribution in [3.8, 4) is 0 Å². The molecule has 1 saturated carbocycles. The lowest BCUT2D eigenvalue weighted by molar-refractivity contribution is -0.0502. The normalized spacial score (nSPS) is 21.1. The summed E-state index contributed by atoms with van der Waals surface area (Å²) in [5.41, 5.74) is 0.851. The van der Waals surface area contributed by atoms with Crippen LogP contribution < -0.4 is 5.32 Å². The molecule has 1 aromatic heterocycles. The zero-order valence-corrected chi connectivity index (χ0v) is 11.5. The third-order valence-corrected chi connectivity index (χ3v) is 4.30. The molecule has 1 fully saturated rings. The second-order valence-electron chi connectivity index (χ2n) is 5.65. The molecule has 2 nitrogen and oxygen atoms in total. The summed E-state index contributed by atoms with van der Waals surface area (Å²) in [5.74, 6) is -1.42. The predicted octanol–water partition coefficient (Wildman–Crippen LogP) is 4.52. The van der Waals surface area contributed by atoms with E-state index in [0.717, 1.165) is 16.7 Å². The lowest BCUT2D eigenvalue weighted by atomic mass is 9.81. The van der Waals surface area contributed by atoms with E-state index in [1.54, 1.807) is 0 Å². The first-order valence-electron chi connectivity index (χ1n) is 7.13. The maximum atomic E-state index is 13.3. The van der Waals surface area contributed by atoms with E-state index in [-0.39, 0.29) is 24.8 Å². The van der Waals surface area contributed by atoms with Gasteiger partial charge in [-0.3, -0.25) is 0 Å². The quantitative estimate of drug-likeness (QED) is 0.893. The fraction of sp³-hybridized carbons (Fsp3) is 0.500. The third kappa shape index (κ3) is 2.57. The molecule has 20 heavy (non-hydrogen) atoms. The van der Waals surface area contributed by atoms with E-state index in [1.807, 2.05) is 37.4 Å². The minimum atomic E-state index is -2.48. The average molecular weight is 279 g/mol. The number of hydrogen-bond donors (Lipinski definition) is 1. The van der Waals surface area contributed by atoms with Crippen molar-refractivity contribution in [2.45, 2.75) is 37.6 Å². The summed E-state index contributed by atoms with van der Waals surface area (Å²) in [6.45, 7) is 0. The molecule has 2 aromatic rings. The first kappa shape index (κ1) is 13.6. The van der Waals surface area contributed by atoms with Crippen LogP contribution in [0.3, 0.4) is 0 Å². The number of alkyl halides is 2. The van der Waals surface area contributed by atoms with Crippen LogP contribution in [0.2, 0.25) is 0 Å². The Balaban J connectivity index is 1.82. The number of hydrogen-bond acceptors (Lipinski definition) is 2. The van der Waals surface area contributed by atoms with Gasteiger partial charge in [0.1, 0.15) is 11.3 Å². The fourth-order valence-electron chi connectivity index (χ4n) is 3.16. The average Bonchev–Trinajstić information content (AvgIpc) is 2.85. The molecule has 4 heteroatoms. The van der Waals surface area contributed by atoms with Crippen LogP contribution in [0.1, 0.15) is 37.5 Å². The molecule has 1 aromatic carbocycles. The molecule has 1 heterocycles. The van der Waals surface area contributed by atoms with Gasteiger partial charge in [-0.1, -0.05) is 18.2 Å².